The molecule has 140 valence electrons. The topological polar surface area (TPSA) is 41.6 Å². The third kappa shape index (κ3) is 3.33. The van der Waals surface area contributed by atoms with E-state index in [1.165, 1.54) is 12.0 Å². The van der Waals surface area contributed by atoms with Crippen molar-refractivity contribution < 1.29 is 9.53 Å². The molecular weight excluding hydrogens is 324 g/mol. The van der Waals surface area contributed by atoms with Gasteiger partial charge in [-0.05, 0) is 45.2 Å². The molecule has 1 aromatic carbocycles. The first-order chi connectivity index (χ1) is 12.6. The van der Waals surface area contributed by atoms with Crippen LogP contribution in [0.5, 0.6) is 0 Å². The number of rotatable bonds is 6. The van der Waals surface area contributed by atoms with Gasteiger partial charge in [-0.3, -0.25) is 9.69 Å². The molecule has 2 bridgehead atoms. The summed E-state index contributed by atoms with van der Waals surface area (Å²) in [5.74, 6) is 1.04. The van der Waals surface area contributed by atoms with E-state index in [4.69, 9.17) is 4.74 Å². The van der Waals surface area contributed by atoms with Crippen LogP contribution in [0, 0.1) is 11.8 Å². The molecule has 1 amide bonds. The first-order valence-electron chi connectivity index (χ1n) is 9.94. The monoisotopic (exact) mass is 354 g/mol. The van der Waals surface area contributed by atoms with Crippen LogP contribution in [0.1, 0.15) is 43.5 Å². The fourth-order valence-electron chi connectivity index (χ4n) is 5.17. The molecule has 0 aliphatic carbocycles. The Morgan fingerprint density at radius 1 is 1.35 bits per heavy atom. The summed E-state index contributed by atoms with van der Waals surface area (Å²) < 4.78 is 6.48. The average Bonchev–Trinajstić information content (AvgIpc) is 3.28. The summed E-state index contributed by atoms with van der Waals surface area (Å²) in [7, 11) is 0. The fraction of sp³-hybridized carbons (Fsp3) is 0.591. The number of nitrogens with one attached hydrogen (secondary N) is 1. The zero-order valence-corrected chi connectivity index (χ0v) is 15.9. The Hall–Kier alpha value is -1.65. The number of hydrogen-bond donors (Lipinski definition) is 1. The first-order valence-corrected chi connectivity index (χ1v) is 9.94. The van der Waals surface area contributed by atoms with Crippen molar-refractivity contribution in [3.63, 3.8) is 0 Å². The van der Waals surface area contributed by atoms with E-state index in [0.29, 0.717) is 17.9 Å². The summed E-state index contributed by atoms with van der Waals surface area (Å²) in [6, 6.07) is 9.49. The lowest BCUT2D eigenvalue weighted by Crippen LogP contribution is -2.41. The van der Waals surface area contributed by atoms with Crippen LogP contribution < -0.4 is 5.32 Å². The minimum atomic E-state index is 0.0286. The molecule has 0 saturated carbocycles. The van der Waals surface area contributed by atoms with Gasteiger partial charge in [0.25, 0.3) is 5.91 Å². The number of carbonyl (C=O) groups is 1. The highest BCUT2D eigenvalue weighted by Crippen LogP contribution is 2.54. The number of ether oxygens (including phenoxy) is 1. The van der Waals surface area contributed by atoms with Gasteiger partial charge in [0.05, 0.1) is 11.7 Å². The molecule has 1 aromatic rings. The number of likely N-dealkylation sites (tertiary alicyclic amines) is 1. The van der Waals surface area contributed by atoms with Crippen LogP contribution in [0.15, 0.2) is 42.0 Å². The molecule has 1 spiro atoms. The third-order valence-electron chi connectivity index (χ3n) is 6.39. The van der Waals surface area contributed by atoms with Gasteiger partial charge in [0, 0.05) is 43.6 Å². The van der Waals surface area contributed by atoms with Crippen molar-refractivity contribution in [2.45, 2.75) is 44.8 Å². The van der Waals surface area contributed by atoms with E-state index >= 15 is 0 Å². The van der Waals surface area contributed by atoms with Crippen LogP contribution in [-0.4, -0.2) is 48.7 Å². The summed E-state index contributed by atoms with van der Waals surface area (Å²) >= 11 is 0. The molecule has 4 heteroatoms. The highest BCUT2D eigenvalue weighted by molar-refractivity contribution is 5.94. The van der Waals surface area contributed by atoms with Gasteiger partial charge in [0.1, 0.15) is 0 Å². The van der Waals surface area contributed by atoms with Gasteiger partial charge < -0.3 is 10.1 Å². The van der Waals surface area contributed by atoms with Crippen molar-refractivity contribution in [3.05, 3.63) is 47.5 Å². The Balaban J connectivity index is 1.36. The molecule has 0 aromatic heterocycles. The second kappa shape index (κ2) is 7.16. The summed E-state index contributed by atoms with van der Waals surface area (Å²) in [6.45, 7) is 8.33. The number of fused-ring (bicyclic) bond motifs is 1. The number of hydrogen-bond acceptors (Lipinski definition) is 3. The standard InChI is InChI=1S/C22H30N2O2/c1-16(2)7-6-12-24-14-19-18(20-10-11-22(19,15-24)26-20)13-23-21(25)17-8-4-3-5-9-17/h3-5,7-9,18-20H,6,10-15H2,1-2H3,(H,23,25)/t18-,19+,20+,22+/m0/s1. The molecule has 4 atom stereocenters. The van der Waals surface area contributed by atoms with Gasteiger partial charge in [-0.25, -0.2) is 0 Å². The molecule has 0 unspecified atom stereocenters. The van der Waals surface area contributed by atoms with Gasteiger partial charge in [-0.1, -0.05) is 29.8 Å². The number of allylic oxidation sites excluding steroid dienone is 1. The first kappa shape index (κ1) is 17.7. The van der Waals surface area contributed by atoms with Gasteiger partial charge in [-0.2, -0.15) is 0 Å². The molecule has 3 aliphatic rings. The van der Waals surface area contributed by atoms with Crippen LogP contribution >= 0.6 is 0 Å². The summed E-state index contributed by atoms with van der Waals surface area (Å²) in [4.78, 5) is 15.0. The maximum atomic E-state index is 12.4. The molecule has 1 N–H and O–H groups in total. The minimum absolute atomic E-state index is 0.0286. The normalized spacial score (nSPS) is 32.5. The quantitative estimate of drug-likeness (QED) is 0.798. The lowest BCUT2D eigenvalue weighted by Gasteiger charge is -2.29. The molecule has 4 nitrogen and oxygen atoms in total. The Morgan fingerprint density at radius 2 is 2.15 bits per heavy atom. The number of nitrogens with zero attached hydrogens (tertiary/aromatic N) is 1. The van der Waals surface area contributed by atoms with E-state index < -0.39 is 0 Å². The van der Waals surface area contributed by atoms with E-state index in [9.17, 15) is 4.79 Å². The highest BCUT2D eigenvalue weighted by atomic mass is 16.5. The maximum Gasteiger partial charge on any atom is 0.251 e. The molecule has 3 aliphatic heterocycles. The highest BCUT2D eigenvalue weighted by Gasteiger charge is 2.62. The van der Waals surface area contributed by atoms with E-state index in [1.807, 2.05) is 30.3 Å². The molecular formula is C22H30N2O2. The van der Waals surface area contributed by atoms with E-state index in [-0.39, 0.29) is 11.5 Å². The molecule has 26 heavy (non-hydrogen) atoms. The van der Waals surface area contributed by atoms with Crippen LogP contribution in [0.2, 0.25) is 0 Å². The lowest BCUT2D eigenvalue weighted by atomic mass is 9.73. The van der Waals surface area contributed by atoms with Crippen molar-refractivity contribution in [1.29, 1.82) is 0 Å². The van der Waals surface area contributed by atoms with Crippen molar-refractivity contribution >= 4 is 5.91 Å². The van der Waals surface area contributed by atoms with Crippen molar-refractivity contribution in [2.24, 2.45) is 11.8 Å². The van der Waals surface area contributed by atoms with E-state index in [2.05, 4.69) is 30.1 Å². The van der Waals surface area contributed by atoms with E-state index in [1.54, 1.807) is 0 Å². The summed E-state index contributed by atoms with van der Waals surface area (Å²) in [5.41, 5.74) is 2.18. The van der Waals surface area contributed by atoms with Gasteiger partial charge in [0.15, 0.2) is 0 Å². The van der Waals surface area contributed by atoms with Gasteiger partial charge in [-0.15, -0.1) is 0 Å². The van der Waals surface area contributed by atoms with Crippen molar-refractivity contribution in [2.75, 3.05) is 26.2 Å². The smallest absolute Gasteiger partial charge is 0.251 e. The Bertz CT molecular complexity index is 683. The third-order valence-corrected chi connectivity index (χ3v) is 6.39. The maximum absolute atomic E-state index is 12.4. The van der Waals surface area contributed by atoms with Crippen molar-refractivity contribution in [3.8, 4) is 0 Å². The predicted octanol–water partition coefficient (Wildman–Crippen LogP) is 3.25. The fourth-order valence-corrected chi connectivity index (χ4v) is 5.17. The van der Waals surface area contributed by atoms with Crippen LogP contribution in [-0.2, 0) is 4.74 Å². The number of carbonyl (C=O) groups excluding carboxylic acids is 1. The second-order valence-electron chi connectivity index (χ2n) is 8.41. The minimum Gasteiger partial charge on any atom is -0.370 e. The molecule has 3 fully saturated rings. The van der Waals surface area contributed by atoms with Crippen LogP contribution in [0.4, 0.5) is 0 Å². The Kier molecular flexibility index (Phi) is 4.89. The Labute approximate surface area is 156 Å². The van der Waals surface area contributed by atoms with Crippen LogP contribution in [0.25, 0.3) is 0 Å². The molecule has 4 rings (SSSR count). The number of benzene rings is 1. The zero-order chi connectivity index (χ0) is 18.1. The largest absolute Gasteiger partial charge is 0.370 e. The zero-order valence-electron chi connectivity index (χ0n) is 15.9. The second-order valence-corrected chi connectivity index (χ2v) is 8.41. The Morgan fingerprint density at radius 3 is 2.92 bits per heavy atom. The molecule has 3 saturated heterocycles. The van der Waals surface area contributed by atoms with Crippen LogP contribution in [0.3, 0.4) is 0 Å². The summed E-state index contributed by atoms with van der Waals surface area (Å²) in [5, 5.41) is 3.16. The lowest BCUT2D eigenvalue weighted by molar-refractivity contribution is 0.00290. The molecule has 0 radical (unpaired) electrons. The van der Waals surface area contributed by atoms with E-state index in [0.717, 1.165) is 44.6 Å². The molecule has 3 heterocycles. The summed E-state index contributed by atoms with van der Waals surface area (Å²) in [6.07, 6.45) is 6.09. The number of amides is 1. The van der Waals surface area contributed by atoms with Gasteiger partial charge in [0.2, 0.25) is 0 Å². The predicted molar refractivity (Wildman–Crippen MR) is 103 cm³/mol. The van der Waals surface area contributed by atoms with Crippen molar-refractivity contribution in [1.82, 2.24) is 10.2 Å². The van der Waals surface area contributed by atoms with Gasteiger partial charge >= 0.3 is 0 Å². The SMILES string of the molecule is CC(C)=CCCN1C[C@@H]2[C@H](CNC(=O)c3ccccc3)[C@H]3CC[C@]2(C1)O3. The average molecular weight is 354 g/mol.